The van der Waals surface area contributed by atoms with E-state index in [-0.39, 0.29) is 5.91 Å². The quantitative estimate of drug-likeness (QED) is 0.662. The fourth-order valence-electron chi connectivity index (χ4n) is 2.72. The smallest absolute Gasteiger partial charge is 0.253 e. The Hall–Kier alpha value is -2.58. The Morgan fingerprint density at radius 1 is 1.14 bits per heavy atom. The standard InChI is InChI=1S/C20H24ClN3O4S/c1-4-11-22-20(26)16-7-5-6-8-17(16)23-19(25)13-24(29(3,27)28)18-10-9-15(21)12-14(18)2/h5-10,12H,4,11,13H2,1-3H3,(H,22,26)(H,23,25). The molecule has 0 aliphatic rings. The van der Waals surface area contributed by atoms with E-state index < -0.39 is 22.5 Å². The highest BCUT2D eigenvalue weighted by molar-refractivity contribution is 7.92. The molecule has 0 spiro atoms. The molecule has 0 saturated carbocycles. The summed E-state index contributed by atoms with van der Waals surface area (Å²) >= 11 is 5.95. The van der Waals surface area contributed by atoms with Crippen LogP contribution in [-0.4, -0.2) is 39.6 Å². The van der Waals surface area contributed by atoms with Gasteiger partial charge < -0.3 is 10.6 Å². The van der Waals surface area contributed by atoms with Crippen molar-refractivity contribution < 1.29 is 18.0 Å². The number of para-hydroxylation sites is 1. The Balaban J connectivity index is 2.25. The molecule has 0 unspecified atom stereocenters. The normalized spacial score (nSPS) is 11.0. The molecule has 0 aliphatic carbocycles. The molecule has 29 heavy (non-hydrogen) atoms. The van der Waals surface area contributed by atoms with Gasteiger partial charge in [-0.15, -0.1) is 0 Å². The van der Waals surface area contributed by atoms with Gasteiger partial charge in [0.2, 0.25) is 15.9 Å². The van der Waals surface area contributed by atoms with Crippen molar-refractivity contribution in [3.63, 3.8) is 0 Å². The lowest BCUT2D eigenvalue weighted by atomic mass is 10.1. The second kappa shape index (κ2) is 9.76. The number of anilines is 2. The van der Waals surface area contributed by atoms with Crippen molar-refractivity contribution in [1.82, 2.24) is 5.32 Å². The van der Waals surface area contributed by atoms with Crippen molar-refractivity contribution in [2.24, 2.45) is 0 Å². The van der Waals surface area contributed by atoms with Gasteiger partial charge in [-0.05, 0) is 49.2 Å². The van der Waals surface area contributed by atoms with Crippen LogP contribution in [0.4, 0.5) is 11.4 Å². The van der Waals surface area contributed by atoms with E-state index in [1.807, 2.05) is 6.92 Å². The number of nitrogens with one attached hydrogen (secondary N) is 2. The maximum Gasteiger partial charge on any atom is 0.253 e. The predicted molar refractivity (Wildman–Crippen MR) is 116 cm³/mol. The number of hydrogen-bond acceptors (Lipinski definition) is 4. The average Bonchev–Trinajstić information content (AvgIpc) is 2.64. The van der Waals surface area contributed by atoms with Crippen LogP contribution >= 0.6 is 11.6 Å². The molecule has 0 saturated heterocycles. The Kier molecular flexibility index (Phi) is 7.64. The van der Waals surface area contributed by atoms with Crippen molar-refractivity contribution in [3.8, 4) is 0 Å². The van der Waals surface area contributed by atoms with Crippen LogP contribution in [0.15, 0.2) is 42.5 Å². The average molecular weight is 438 g/mol. The van der Waals surface area contributed by atoms with Gasteiger partial charge in [0.15, 0.2) is 0 Å². The summed E-state index contributed by atoms with van der Waals surface area (Å²) < 4.78 is 25.6. The van der Waals surface area contributed by atoms with E-state index in [4.69, 9.17) is 11.6 Å². The van der Waals surface area contributed by atoms with Gasteiger partial charge in [0, 0.05) is 11.6 Å². The summed E-state index contributed by atoms with van der Waals surface area (Å²) in [6.07, 6.45) is 1.81. The fraction of sp³-hybridized carbons (Fsp3) is 0.300. The van der Waals surface area contributed by atoms with Gasteiger partial charge in [-0.2, -0.15) is 0 Å². The van der Waals surface area contributed by atoms with Crippen molar-refractivity contribution >= 4 is 44.8 Å². The van der Waals surface area contributed by atoms with Crippen LogP contribution in [0.5, 0.6) is 0 Å². The van der Waals surface area contributed by atoms with Gasteiger partial charge in [-0.3, -0.25) is 13.9 Å². The van der Waals surface area contributed by atoms with Crippen LogP contribution in [0.1, 0.15) is 29.3 Å². The molecule has 2 aromatic carbocycles. The number of rotatable bonds is 8. The summed E-state index contributed by atoms with van der Waals surface area (Å²) in [6, 6.07) is 11.3. The summed E-state index contributed by atoms with van der Waals surface area (Å²) in [7, 11) is -3.73. The van der Waals surface area contributed by atoms with Gasteiger partial charge in [0.1, 0.15) is 6.54 Å². The summed E-state index contributed by atoms with van der Waals surface area (Å²) in [4.78, 5) is 24.9. The first-order chi connectivity index (χ1) is 13.6. The number of aryl methyl sites for hydroxylation is 1. The first kappa shape index (κ1) is 22.7. The van der Waals surface area contributed by atoms with Crippen LogP contribution in [0.2, 0.25) is 5.02 Å². The van der Waals surface area contributed by atoms with Gasteiger partial charge in [0.05, 0.1) is 23.2 Å². The van der Waals surface area contributed by atoms with Gasteiger partial charge >= 0.3 is 0 Å². The molecule has 2 amide bonds. The number of nitrogens with zero attached hydrogens (tertiary/aromatic N) is 1. The highest BCUT2D eigenvalue weighted by Crippen LogP contribution is 2.25. The molecule has 7 nitrogen and oxygen atoms in total. The van der Waals surface area contributed by atoms with E-state index in [2.05, 4.69) is 10.6 Å². The van der Waals surface area contributed by atoms with Crippen LogP contribution in [0.3, 0.4) is 0 Å². The third-order valence-corrected chi connectivity index (χ3v) is 5.46. The second-order valence-corrected chi connectivity index (χ2v) is 8.89. The largest absolute Gasteiger partial charge is 0.352 e. The summed E-state index contributed by atoms with van der Waals surface area (Å²) in [5.74, 6) is -0.878. The van der Waals surface area contributed by atoms with Crippen LogP contribution in [0.25, 0.3) is 0 Å². The maximum absolute atomic E-state index is 12.6. The molecule has 2 aromatic rings. The summed E-state index contributed by atoms with van der Waals surface area (Å²) in [6.45, 7) is 3.72. The molecule has 0 bridgehead atoms. The van der Waals surface area contributed by atoms with E-state index in [0.29, 0.717) is 34.1 Å². The molecule has 156 valence electrons. The number of sulfonamides is 1. The number of hydrogen-bond donors (Lipinski definition) is 2. The Morgan fingerprint density at radius 2 is 1.83 bits per heavy atom. The van der Waals surface area contributed by atoms with Gasteiger partial charge in [-0.25, -0.2) is 8.42 Å². The van der Waals surface area contributed by atoms with Crippen LogP contribution < -0.4 is 14.9 Å². The lowest BCUT2D eigenvalue weighted by molar-refractivity contribution is -0.114. The van der Waals surface area contributed by atoms with E-state index in [9.17, 15) is 18.0 Å². The number of amides is 2. The fourth-order valence-corrected chi connectivity index (χ4v) is 3.86. The van der Waals surface area contributed by atoms with Crippen LogP contribution in [-0.2, 0) is 14.8 Å². The minimum absolute atomic E-state index is 0.308. The Morgan fingerprint density at radius 3 is 2.45 bits per heavy atom. The zero-order chi connectivity index (χ0) is 21.6. The van der Waals surface area contributed by atoms with Crippen molar-refractivity contribution in [3.05, 3.63) is 58.6 Å². The van der Waals surface area contributed by atoms with Gasteiger partial charge in [-0.1, -0.05) is 30.7 Å². The minimum Gasteiger partial charge on any atom is -0.352 e. The summed E-state index contributed by atoms with van der Waals surface area (Å²) in [5.41, 5.74) is 1.60. The summed E-state index contributed by atoms with van der Waals surface area (Å²) in [5, 5.41) is 5.86. The highest BCUT2D eigenvalue weighted by atomic mass is 35.5. The first-order valence-electron chi connectivity index (χ1n) is 9.04. The van der Waals surface area contributed by atoms with E-state index in [1.165, 1.54) is 0 Å². The van der Waals surface area contributed by atoms with E-state index in [0.717, 1.165) is 17.0 Å². The molecule has 2 N–H and O–H groups in total. The Bertz CT molecular complexity index is 1010. The van der Waals surface area contributed by atoms with Crippen LogP contribution in [0, 0.1) is 6.92 Å². The van der Waals surface area contributed by atoms with Crippen molar-refractivity contribution in [1.29, 1.82) is 0 Å². The molecular weight excluding hydrogens is 414 g/mol. The highest BCUT2D eigenvalue weighted by Gasteiger charge is 2.23. The minimum atomic E-state index is -3.73. The molecule has 0 fully saturated rings. The zero-order valence-electron chi connectivity index (χ0n) is 16.5. The first-order valence-corrected chi connectivity index (χ1v) is 11.3. The lowest BCUT2D eigenvalue weighted by Gasteiger charge is -2.24. The molecule has 0 heterocycles. The molecule has 0 aromatic heterocycles. The molecule has 0 radical (unpaired) electrons. The molecule has 9 heteroatoms. The Labute approximate surface area is 176 Å². The zero-order valence-corrected chi connectivity index (χ0v) is 18.1. The number of carbonyl (C=O) groups is 2. The number of halogens is 1. The van der Waals surface area contributed by atoms with Crippen molar-refractivity contribution in [2.45, 2.75) is 20.3 Å². The molecular formula is C20H24ClN3O4S. The predicted octanol–water partition coefficient (Wildman–Crippen LogP) is 3.19. The second-order valence-electron chi connectivity index (χ2n) is 6.55. The lowest BCUT2D eigenvalue weighted by Crippen LogP contribution is -2.38. The molecule has 0 aliphatic heterocycles. The van der Waals surface area contributed by atoms with Gasteiger partial charge in [0.25, 0.3) is 5.91 Å². The molecule has 2 rings (SSSR count). The van der Waals surface area contributed by atoms with Crippen molar-refractivity contribution in [2.75, 3.05) is 29.0 Å². The van der Waals surface area contributed by atoms with E-state index >= 15 is 0 Å². The maximum atomic E-state index is 12.6. The van der Waals surface area contributed by atoms with E-state index in [1.54, 1.807) is 49.4 Å². The monoisotopic (exact) mass is 437 g/mol. The topological polar surface area (TPSA) is 95.6 Å². The number of benzene rings is 2. The SMILES string of the molecule is CCCNC(=O)c1ccccc1NC(=O)CN(c1ccc(Cl)cc1C)S(C)(=O)=O. The third kappa shape index (κ3) is 6.20. The molecule has 0 atom stereocenters. The number of carbonyl (C=O) groups excluding carboxylic acids is 2. The third-order valence-electron chi connectivity index (χ3n) is 4.10.